The van der Waals surface area contributed by atoms with Crippen LogP contribution in [0.1, 0.15) is 22.4 Å². The first-order chi connectivity index (χ1) is 13.8. The van der Waals surface area contributed by atoms with Gasteiger partial charge < -0.3 is 15.0 Å². The third-order valence-corrected chi connectivity index (χ3v) is 6.70. The fraction of sp³-hybridized carbons (Fsp3) is 0.400. The summed E-state index contributed by atoms with van der Waals surface area (Å²) in [5, 5.41) is 4.56. The van der Waals surface area contributed by atoms with Crippen LogP contribution in [0.15, 0.2) is 41.8 Å². The molecule has 29 heavy (non-hydrogen) atoms. The van der Waals surface area contributed by atoms with E-state index in [0.717, 1.165) is 23.8 Å². The number of amides is 2. The molecular formula is C20H24N2O5S2. The molecule has 0 fully saturated rings. The summed E-state index contributed by atoms with van der Waals surface area (Å²) >= 11 is 1.67. The number of nitrogens with one attached hydrogen (secondary N) is 1. The van der Waals surface area contributed by atoms with E-state index >= 15 is 0 Å². The van der Waals surface area contributed by atoms with Gasteiger partial charge in [0, 0.05) is 24.2 Å². The van der Waals surface area contributed by atoms with Crippen molar-refractivity contribution in [1.29, 1.82) is 0 Å². The van der Waals surface area contributed by atoms with E-state index in [1.54, 1.807) is 16.2 Å². The van der Waals surface area contributed by atoms with Gasteiger partial charge in [-0.15, -0.1) is 11.3 Å². The average Bonchev–Trinajstić information content (AvgIpc) is 3.17. The van der Waals surface area contributed by atoms with Crippen molar-refractivity contribution in [2.45, 2.75) is 32.0 Å². The van der Waals surface area contributed by atoms with Crippen LogP contribution >= 0.6 is 11.3 Å². The Hall–Kier alpha value is -2.39. The highest BCUT2D eigenvalue weighted by molar-refractivity contribution is 7.90. The minimum absolute atomic E-state index is 0.00506. The molecule has 0 saturated heterocycles. The first-order valence-electron chi connectivity index (χ1n) is 9.31. The Labute approximate surface area is 174 Å². The zero-order valence-corrected chi connectivity index (χ0v) is 17.8. The summed E-state index contributed by atoms with van der Waals surface area (Å²) < 4.78 is 28.4. The van der Waals surface area contributed by atoms with E-state index in [1.165, 1.54) is 4.88 Å². The van der Waals surface area contributed by atoms with Crippen LogP contribution in [-0.4, -0.2) is 49.9 Å². The van der Waals surface area contributed by atoms with Gasteiger partial charge in [0.2, 0.25) is 5.91 Å². The third-order valence-electron chi connectivity index (χ3n) is 4.70. The van der Waals surface area contributed by atoms with Gasteiger partial charge in [0.25, 0.3) is 0 Å². The van der Waals surface area contributed by atoms with E-state index in [1.807, 2.05) is 41.8 Å². The number of sulfone groups is 1. The Morgan fingerprint density at radius 3 is 2.72 bits per heavy atom. The minimum Gasteiger partial charge on any atom is -0.445 e. The summed E-state index contributed by atoms with van der Waals surface area (Å²) in [7, 11) is -3.28. The first kappa shape index (κ1) is 21.3. The molecule has 0 bridgehead atoms. The molecule has 7 nitrogen and oxygen atoms in total. The van der Waals surface area contributed by atoms with Crippen molar-refractivity contribution in [3.05, 3.63) is 57.8 Å². The highest BCUT2D eigenvalue weighted by atomic mass is 32.2. The van der Waals surface area contributed by atoms with Gasteiger partial charge in [0.1, 0.15) is 22.5 Å². The standard InChI is InChI=1S/C20H24N2O5S2/c1-29(25,26)12-9-17(21-20(24)27-14-15-5-3-2-4-6-15)19(23)22-10-7-18-16(13-22)8-11-28-18/h2-6,8,11,17H,7,9-10,12-14H2,1H3,(H,21,24)/t17-/m1/s1. The second-order valence-electron chi connectivity index (χ2n) is 7.06. The number of carbonyl (C=O) groups excluding carboxylic acids is 2. The van der Waals surface area contributed by atoms with Gasteiger partial charge in [0.05, 0.1) is 5.75 Å². The molecule has 1 aliphatic heterocycles. The summed E-state index contributed by atoms with van der Waals surface area (Å²) in [5.41, 5.74) is 1.92. The number of benzene rings is 1. The number of rotatable bonds is 7. The molecule has 2 aromatic rings. The van der Waals surface area contributed by atoms with Gasteiger partial charge in [-0.25, -0.2) is 13.2 Å². The molecular weight excluding hydrogens is 412 g/mol. The van der Waals surface area contributed by atoms with Crippen LogP contribution < -0.4 is 5.32 Å². The van der Waals surface area contributed by atoms with Gasteiger partial charge in [-0.05, 0) is 35.4 Å². The Kier molecular flexibility index (Phi) is 6.92. The van der Waals surface area contributed by atoms with Crippen molar-refractivity contribution in [1.82, 2.24) is 10.2 Å². The number of hydrogen-bond acceptors (Lipinski definition) is 6. The van der Waals surface area contributed by atoms with E-state index in [4.69, 9.17) is 4.74 Å². The average molecular weight is 437 g/mol. The molecule has 2 heterocycles. The van der Waals surface area contributed by atoms with E-state index in [9.17, 15) is 18.0 Å². The maximum absolute atomic E-state index is 13.0. The lowest BCUT2D eigenvalue weighted by atomic mass is 10.1. The smallest absolute Gasteiger partial charge is 0.408 e. The number of ether oxygens (including phenoxy) is 1. The van der Waals surface area contributed by atoms with Gasteiger partial charge in [-0.1, -0.05) is 30.3 Å². The van der Waals surface area contributed by atoms with Crippen molar-refractivity contribution in [2.75, 3.05) is 18.6 Å². The van der Waals surface area contributed by atoms with Crippen molar-refractivity contribution >= 4 is 33.2 Å². The molecule has 0 aliphatic carbocycles. The lowest BCUT2D eigenvalue weighted by Gasteiger charge is -2.30. The van der Waals surface area contributed by atoms with Crippen LogP contribution in [0.5, 0.6) is 0 Å². The fourth-order valence-electron chi connectivity index (χ4n) is 3.15. The summed E-state index contributed by atoms with van der Waals surface area (Å²) in [6.45, 7) is 1.08. The first-order valence-corrected chi connectivity index (χ1v) is 12.2. The lowest BCUT2D eigenvalue weighted by Crippen LogP contribution is -2.50. The summed E-state index contributed by atoms with van der Waals surface area (Å²) in [6.07, 6.45) is 1.14. The van der Waals surface area contributed by atoms with Crippen molar-refractivity contribution in [3.63, 3.8) is 0 Å². The van der Waals surface area contributed by atoms with Gasteiger partial charge in [-0.2, -0.15) is 0 Å². The number of nitrogens with zero attached hydrogens (tertiary/aromatic N) is 1. The number of thiophene rings is 1. The van der Waals surface area contributed by atoms with Crippen molar-refractivity contribution < 1.29 is 22.7 Å². The molecule has 1 N–H and O–H groups in total. The largest absolute Gasteiger partial charge is 0.445 e. The van der Waals surface area contributed by atoms with Gasteiger partial charge >= 0.3 is 6.09 Å². The number of fused-ring (bicyclic) bond motifs is 1. The number of alkyl carbamates (subject to hydrolysis) is 1. The Bertz CT molecular complexity index is 956. The van der Waals surface area contributed by atoms with E-state index in [2.05, 4.69) is 5.32 Å². The molecule has 0 radical (unpaired) electrons. The molecule has 1 aliphatic rings. The molecule has 0 saturated carbocycles. The zero-order valence-electron chi connectivity index (χ0n) is 16.2. The Morgan fingerprint density at radius 2 is 2.00 bits per heavy atom. The second kappa shape index (κ2) is 9.41. The number of carbonyl (C=O) groups is 2. The lowest BCUT2D eigenvalue weighted by molar-refractivity contribution is -0.134. The normalized spacial score (nSPS) is 14.7. The molecule has 1 aromatic heterocycles. The minimum atomic E-state index is -3.28. The Balaban J connectivity index is 1.63. The summed E-state index contributed by atoms with van der Waals surface area (Å²) in [6, 6.07) is 10.2. The fourth-order valence-corrected chi connectivity index (χ4v) is 4.71. The van der Waals surface area contributed by atoms with Crippen LogP contribution in [0.2, 0.25) is 0 Å². The molecule has 156 valence electrons. The van der Waals surface area contributed by atoms with Crippen LogP contribution in [0.25, 0.3) is 0 Å². The highest BCUT2D eigenvalue weighted by Crippen LogP contribution is 2.24. The molecule has 3 rings (SSSR count). The van der Waals surface area contributed by atoms with E-state index in [-0.39, 0.29) is 24.7 Å². The molecule has 1 aromatic carbocycles. The maximum Gasteiger partial charge on any atom is 0.408 e. The van der Waals surface area contributed by atoms with Crippen LogP contribution in [0.3, 0.4) is 0 Å². The van der Waals surface area contributed by atoms with Crippen LogP contribution in [-0.2, 0) is 38.9 Å². The predicted molar refractivity (Wildman–Crippen MR) is 111 cm³/mol. The molecule has 0 spiro atoms. The topological polar surface area (TPSA) is 92.8 Å². The quantitative estimate of drug-likeness (QED) is 0.719. The third kappa shape index (κ3) is 6.30. The number of hydrogen-bond donors (Lipinski definition) is 1. The van der Waals surface area contributed by atoms with E-state index < -0.39 is 22.0 Å². The van der Waals surface area contributed by atoms with Gasteiger partial charge in [-0.3, -0.25) is 4.79 Å². The van der Waals surface area contributed by atoms with Crippen molar-refractivity contribution in [3.8, 4) is 0 Å². The summed E-state index contributed by atoms with van der Waals surface area (Å²) in [5.74, 6) is -0.484. The predicted octanol–water partition coefficient (Wildman–Crippen LogP) is 2.36. The molecule has 1 atom stereocenters. The Morgan fingerprint density at radius 1 is 1.24 bits per heavy atom. The van der Waals surface area contributed by atoms with Crippen LogP contribution in [0, 0.1) is 0 Å². The monoisotopic (exact) mass is 436 g/mol. The molecule has 9 heteroatoms. The molecule has 0 unspecified atom stereocenters. The zero-order chi connectivity index (χ0) is 20.9. The highest BCUT2D eigenvalue weighted by Gasteiger charge is 2.30. The SMILES string of the molecule is CS(=O)(=O)CC[C@@H](NC(=O)OCc1ccccc1)C(=O)N1CCc2sccc2C1. The molecule has 2 amide bonds. The second-order valence-corrected chi connectivity index (χ2v) is 10.3. The maximum atomic E-state index is 13.0. The van der Waals surface area contributed by atoms with Crippen molar-refractivity contribution in [2.24, 2.45) is 0 Å². The summed E-state index contributed by atoms with van der Waals surface area (Å²) in [4.78, 5) is 28.2. The van der Waals surface area contributed by atoms with E-state index in [0.29, 0.717) is 13.1 Å². The van der Waals surface area contributed by atoms with Gasteiger partial charge in [0.15, 0.2) is 0 Å². The van der Waals surface area contributed by atoms with Crippen LogP contribution in [0.4, 0.5) is 4.79 Å².